The third kappa shape index (κ3) is 4.77. The molecular formula is C16H25Cl2NO4. The first-order valence-electron chi connectivity index (χ1n) is 7.62. The number of hydrogen-bond donors (Lipinski definition) is 2. The van der Waals surface area contributed by atoms with Crippen molar-refractivity contribution in [3.05, 3.63) is 12.2 Å². The van der Waals surface area contributed by atoms with Crippen LogP contribution in [0.1, 0.15) is 46.5 Å². The van der Waals surface area contributed by atoms with Crippen molar-refractivity contribution in [3.63, 3.8) is 0 Å². The van der Waals surface area contributed by atoms with Crippen LogP contribution in [0.15, 0.2) is 12.2 Å². The molecule has 0 aromatic rings. The summed E-state index contributed by atoms with van der Waals surface area (Å²) < 4.78 is 5.20. The summed E-state index contributed by atoms with van der Waals surface area (Å²) in [6, 6.07) is -0.211. The van der Waals surface area contributed by atoms with Crippen molar-refractivity contribution in [1.29, 1.82) is 0 Å². The van der Waals surface area contributed by atoms with E-state index >= 15 is 0 Å². The molecule has 2 N–H and O–H groups in total. The van der Waals surface area contributed by atoms with Crippen molar-refractivity contribution in [3.8, 4) is 0 Å². The molecule has 0 aromatic heterocycles. The van der Waals surface area contributed by atoms with E-state index in [1.807, 2.05) is 0 Å². The molecule has 23 heavy (non-hydrogen) atoms. The Hall–Kier alpha value is -0.940. The average molecular weight is 366 g/mol. The molecule has 132 valence electrons. The van der Waals surface area contributed by atoms with Crippen LogP contribution in [-0.2, 0) is 9.53 Å². The lowest BCUT2D eigenvalue weighted by Gasteiger charge is -2.53. The lowest BCUT2D eigenvalue weighted by atomic mass is 9.56. The molecule has 1 saturated carbocycles. The average Bonchev–Trinajstić information content (AvgIpc) is 2.41. The summed E-state index contributed by atoms with van der Waals surface area (Å²) in [6.07, 6.45) is 1.43. The van der Waals surface area contributed by atoms with Gasteiger partial charge in [-0.25, -0.2) is 9.59 Å². The SMILES string of the molecule is C=C(C)C(=O)OCCC1(C(Cl)Cl)CC(NC(=O)O)CCC1(C)C. The van der Waals surface area contributed by atoms with Gasteiger partial charge in [-0.2, -0.15) is 0 Å². The third-order valence-corrected chi connectivity index (χ3v) is 5.79. The molecular weight excluding hydrogens is 341 g/mol. The highest BCUT2D eigenvalue weighted by molar-refractivity contribution is 6.44. The number of rotatable bonds is 6. The summed E-state index contributed by atoms with van der Waals surface area (Å²) in [7, 11) is 0. The van der Waals surface area contributed by atoms with Crippen molar-refractivity contribution >= 4 is 35.3 Å². The van der Waals surface area contributed by atoms with Gasteiger partial charge in [-0.15, -0.1) is 23.2 Å². The largest absolute Gasteiger partial charge is 0.465 e. The van der Waals surface area contributed by atoms with E-state index in [9.17, 15) is 9.59 Å². The van der Waals surface area contributed by atoms with Gasteiger partial charge in [0.25, 0.3) is 0 Å². The first-order valence-corrected chi connectivity index (χ1v) is 8.49. The Labute approximate surface area is 147 Å². The molecule has 0 saturated heterocycles. The minimum atomic E-state index is -1.06. The van der Waals surface area contributed by atoms with Crippen LogP contribution in [0.3, 0.4) is 0 Å². The first-order chi connectivity index (χ1) is 10.5. The number of carbonyl (C=O) groups excluding carboxylic acids is 1. The molecule has 0 heterocycles. The van der Waals surface area contributed by atoms with Crippen LogP contribution in [0.4, 0.5) is 4.79 Å². The summed E-state index contributed by atoms with van der Waals surface area (Å²) >= 11 is 12.6. The second-order valence-electron chi connectivity index (χ2n) is 6.90. The molecule has 2 atom stereocenters. The number of halogens is 2. The molecule has 0 radical (unpaired) electrons. The lowest BCUT2D eigenvalue weighted by molar-refractivity contribution is -0.140. The van der Waals surface area contributed by atoms with Crippen LogP contribution in [-0.4, -0.2) is 34.7 Å². The minimum absolute atomic E-state index is 0.171. The highest BCUT2D eigenvalue weighted by Gasteiger charge is 2.53. The second kappa shape index (κ2) is 7.75. The van der Waals surface area contributed by atoms with Crippen molar-refractivity contribution in [2.45, 2.75) is 57.3 Å². The van der Waals surface area contributed by atoms with E-state index in [1.54, 1.807) is 6.92 Å². The number of carboxylic acid groups (broad SMARTS) is 1. The summed E-state index contributed by atoms with van der Waals surface area (Å²) in [5.74, 6) is -0.449. The number of hydrogen-bond acceptors (Lipinski definition) is 3. The molecule has 0 aliphatic heterocycles. The number of alkyl halides is 2. The molecule has 0 bridgehead atoms. The summed E-state index contributed by atoms with van der Waals surface area (Å²) in [5, 5.41) is 11.5. The minimum Gasteiger partial charge on any atom is -0.465 e. The molecule has 5 nitrogen and oxygen atoms in total. The van der Waals surface area contributed by atoms with Crippen molar-refractivity contribution in [1.82, 2.24) is 5.32 Å². The fourth-order valence-electron chi connectivity index (χ4n) is 3.28. The van der Waals surface area contributed by atoms with Crippen LogP contribution < -0.4 is 5.32 Å². The predicted molar refractivity (Wildman–Crippen MR) is 90.9 cm³/mol. The van der Waals surface area contributed by atoms with E-state index in [2.05, 4.69) is 25.7 Å². The van der Waals surface area contributed by atoms with Gasteiger partial charge in [0.05, 0.1) is 6.61 Å². The van der Waals surface area contributed by atoms with Gasteiger partial charge in [-0.3, -0.25) is 0 Å². The Morgan fingerprint density at radius 2 is 2.04 bits per heavy atom. The zero-order valence-corrected chi connectivity index (χ0v) is 15.3. The third-order valence-electron chi connectivity index (χ3n) is 4.95. The monoisotopic (exact) mass is 365 g/mol. The number of amides is 1. The van der Waals surface area contributed by atoms with E-state index < -0.39 is 22.3 Å². The molecule has 1 aliphatic carbocycles. The van der Waals surface area contributed by atoms with Gasteiger partial charge in [0.1, 0.15) is 4.84 Å². The van der Waals surface area contributed by atoms with Crippen LogP contribution in [0.2, 0.25) is 0 Å². The highest BCUT2D eigenvalue weighted by Crippen LogP contribution is 2.57. The Kier molecular flexibility index (Phi) is 6.78. The zero-order chi connectivity index (χ0) is 17.8. The van der Waals surface area contributed by atoms with Gasteiger partial charge in [0.2, 0.25) is 0 Å². The second-order valence-corrected chi connectivity index (χ2v) is 7.99. The van der Waals surface area contributed by atoms with Gasteiger partial charge >= 0.3 is 12.1 Å². The number of esters is 1. The van der Waals surface area contributed by atoms with Crippen LogP contribution in [0.5, 0.6) is 0 Å². The first kappa shape index (κ1) is 20.1. The van der Waals surface area contributed by atoms with Gasteiger partial charge in [-0.1, -0.05) is 20.4 Å². The highest BCUT2D eigenvalue weighted by atomic mass is 35.5. The van der Waals surface area contributed by atoms with E-state index in [1.165, 1.54) is 0 Å². The molecule has 1 rings (SSSR count). The maximum Gasteiger partial charge on any atom is 0.404 e. The van der Waals surface area contributed by atoms with Crippen molar-refractivity contribution in [2.24, 2.45) is 10.8 Å². The topological polar surface area (TPSA) is 75.6 Å². The Morgan fingerprint density at radius 3 is 2.52 bits per heavy atom. The van der Waals surface area contributed by atoms with Crippen LogP contribution in [0.25, 0.3) is 0 Å². The van der Waals surface area contributed by atoms with Gasteiger partial charge < -0.3 is 15.2 Å². The molecule has 1 amide bonds. The van der Waals surface area contributed by atoms with E-state index in [4.69, 9.17) is 33.0 Å². The Balaban J connectivity index is 2.90. The van der Waals surface area contributed by atoms with Crippen LogP contribution >= 0.6 is 23.2 Å². The molecule has 1 fully saturated rings. The van der Waals surface area contributed by atoms with E-state index in [-0.39, 0.29) is 18.1 Å². The standard InChI is InChI=1S/C16H25Cl2NO4/c1-10(2)12(20)23-8-7-16(13(17)18)9-11(19-14(21)22)5-6-15(16,3)4/h11,13,19H,1,5-9H2,2-4H3,(H,21,22). The Bertz CT molecular complexity index is 479. The number of ether oxygens (including phenoxy) is 1. The van der Waals surface area contributed by atoms with Gasteiger partial charge in [0, 0.05) is 17.0 Å². The molecule has 1 aliphatic rings. The lowest BCUT2D eigenvalue weighted by Crippen LogP contribution is -2.53. The van der Waals surface area contributed by atoms with Crippen molar-refractivity contribution < 1.29 is 19.4 Å². The summed E-state index contributed by atoms with van der Waals surface area (Å²) in [4.78, 5) is 21.8. The normalized spacial score (nSPS) is 26.6. The smallest absolute Gasteiger partial charge is 0.404 e. The van der Waals surface area contributed by atoms with Crippen molar-refractivity contribution in [2.75, 3.05) is 6.61 Å². The molecule has 0 spiro atoms. The summed E-state index contributed by atoms with van der Waals surface area (Å²) in [6.45, 7) is 9.44. The number of nitrogens with one attached hydrogen (secondary N) is 1. The quantitative estimate of drug-likeness (QED) is 0.421. The molecule has 2 unspecified atom stereocenters. The number of carbonyl (C=O) groups is 2. The zero-order valence-electron chi connectivity index (χ0n) is 13.8. The fraction of sp³-hybridized carbons (Fsp3) is 0.750. The predicted octanol–water partition coefficient (Wildman–Crippen LogP) is 4.13. The van der Waals surface area contributed by atoms with Gasteiger partial charge in [-0.05, 0) is 38.0 Å². The molecule has 7 heteroatoms. The van der Waals surface area contributed by atoms with E-state index in [0.29, 0.717) is 18.4 Å². The molecule has 0 aromatic carbocycles. The summed E-state index contributed by atoms with van der Waals surface area (Å²) in [5.41, 5.74) is -0.412. The van der Waals surface area contributed by atoms with Crippen LogP contribution in [0, 0.1) is 10.8 Å². The maximum atomic E-state index is 11.6. The van der Waals surface area contributed by atoms with Gasteiger partial charge in [0.15, 0.2) is 0 Å². The maximum absolute atomic E-state index is 11.6. The van der Waals surface area contributed by atoms with E-state index in [0.717, 1.165) is 12.8 Å². The Morgan fingerprint density at radius 1 is 1.43 bits per heavy atom. The fourth-order valence-corrected chi connectivity index (χ4v) is 4.27.